The van der Waals surface area contributed by atoms with Gasteiger partial charge in [-0.3, -0.25) is 0 Å². The normalized spacial score (nSPS) is 27.6. The highest BCUT2D eigenvalue weighted by Crippen LogP contribution is 2.57. The topological polar surface area (TPSA) is 23.8 Å². The molecule has 2 aromatic rings. The first-order chi connectivity index (χ1) is 19.8. The van der Waals surface area contributed by atoms with E-state index in [1.54, 1.807) is 4.91 Å². The first-order valence-corrected chi connectivity index (χ1v) is 16.0. The average molecular weight is 552 g/mol. The van der Waals surface area contributed by atoms with Gasteiger partial charge in [0.1, 0.15) is 0 Å². The van der Waals surface area contributed by atoms with Crippen molar-refractivity contribution in [3.8, 4) is 17.2 Å². The van der Waals surface area contributed by atoms with Crippen molar-refractivity contribution in [2.75, 3.05) is 0 Å². The summed E-state index contributed by atoms with van der Waals surface area (Å²) in [6, 6.07) is 17.6. The Hall–Kier alpha value is -3.45. The van der Waals surface area contributed by atoms with Crippen molar-refractivity contribution in [3.63, 3.8) is 0 Å². The van der Waals surface area contributed by atoms with E-state index in [9.17, 15) is 5.26 Å². The van der Waals surface area contributed by atoms with Gasteiger partial charge >= 0.3 is 0 Å². The molecule has 1 nitrogen and oxygen atoms in total. The van der Waals surface area contributed by atoms with Gasteiger partial charge in [0.2, 0.25) is 0 Å². The van der Waals surface area contributed by atoms with Gasteiger partial charge in [0, 0.05) is 32.8 Å². The molecule has 4 atom stereocenters. The van der Waals surface area contributed by atoms with E-state index in [0.29, 0.717) is 17.1 Å². The van der Waals surface area contributed by atoms with Gasteiger partial charge in [0.25, 0.3) is 0 Å². The minimum atomic E-state index is 0.276. The fourth-order valence-corrected chi connectivity index (χ4v) is 9.94. The average Bonchev–Trinajstić information content (AvgIpc) is 3.59. The van der Waals surface area contributed by atoms with Gasteiger partial charge in [0.05, 0.1) is 11.6 Å². The monoisotopic (exact) mass is 551 g/mol. The maximum Gasteiger partial charge on any atom is 0.0998 e. The fourth-order valence-electron chi connectivity index (χ4n) is 7.09. The second kappa shape index (κ2) is 9.88. The Balaban J connectivity index is 1.31. The Bertz CT molecular complexity index is 1720. The lowest BCUT2D eigenvalue weighted by Gasteiger charge is -2.27. The third-order valence-corrected chi connectivity index (χ3v) is 11.8. The Morgan fingerprint density at radius 1 is 0.925 bits per heavy atom. The molecule has 194 valence electrons. The number of thioether (sulfide) groups is 2. The molecule has 1 saturated heterocycles. The molecule has 4 unspecified atom stereocenters. The predicted octanol–water partition coefficient (Wildman–Crippen LogP) is 10.0. The number of benzene rings is 2. The van der Waals surface area contributed by atoms with Gasteiger partial charge in [-0.25, -0.2) is 0 Å². The van der Waals surface area contributed by atoms with Crippen LogP contribution in [0.25, 0.3) is 16.7 Å². The van der Waals surface area contributed by atoms with Gasteiger partial charge in [0.15, 0.2) is 0 Å². The number of rotatable bonds is 3. The van der Waals surface area contributed by atoms with Crippen molar-refractivity contribution >= 4 is 29.1 Å². The summed E-state index contributed by atoms with van der Waals surface area (Å²) in [6.07, 6.45) is 27.9. The summed E-state index contributed by atoms with van der Waals surface area (Å²) in [5.41, 5.74) is 9.81. The zero-order chi connectivity index (χ0) is 26.6. The zero-order valence-corrected chi connectivity index (χ0v) is 23.8. The lowest BCUT2D eigenvalue weighted by atomic mass is 9.77. The van der Waals surface area contributed by atoms with E-state index in [1.165, 1.54) is 37.7 Å². The van der Waals surface area contributed by atoms with Crippen LogP contribution in [0.2, 0.25) is 0 Å². The van der Waals surface area contributed by atoms with E-state index < -0.39 is 0 Å². The summed E-state index contributed by atoms with van der Waals surface area (Å²) in [4.78, 5) is 4.48. The molecule has 6 aliphatic rings. The molecule has 3 heteroatoms. The molecule has 0 bridgehead atoms. The molecule has 0 aromatic heterocycles. The van der Waals surface area contributed by atoms with E-state index in [4.69, 9.17) is 0 Å². The molecule has 0 amide bonds. The second-order valence-electron chi connectivity index (χ2n) is 11.3. The summed E-state index contributed by atoms with van der Waals surface area (Å²) in [7, 11) is 0. The first-order valence-electron chi connectivity index (χ1n) is 14.3. The maximum absolute atomic E-state index is 10.4. The number of hydrogen-bond acceptors (Lipinski definition) is 3. The Morgan fingerprint density at radius 2 is 1.82 bits per heavy atom. The Morgan fingerprint density at radius 3 is 2.73 bits per heavy atom. The fraction of sp³-hybridized carbons (Fsp3) is 0.216. The van der Waals surface area contributed by atoms with Crippen molar-refractivity contribution in [2.45, 2.75) is 36.9 Å². The standard InChI is InChI=1S/C37H29NS2/c38-22-25-20-32(29-14-8-13-28-26-11-4-7-16-35(26)40-37(28)29)31(21-30(25)23-9-2-1-3-10-23)24-17-18-36-33(19-24)27-12-5-6-15-34(27)39-36/h1-6,8-12,14-15,18-21,24,27-28,34H,7,13,16-17H2. The first kappa shape index (κ1) is 24.4. The summed E-state index contributed by atoms with van der Waals surface area (Å²) < 4.78 is 0. The van der Waals surface area contributed by atoms with E-state index in [-0.39, 0.29) is 5.92 Å². The van der Waals surface area contributed by atoms with Gasteiger partial charge in [-0.1, -0.05) is 103 Å². The summed E-state index contributed by atoms with van der Waals surface area (Å²) >= 11 is 4.02. The largest absolute Gasteiger partial charge is 0.192 e. The number of allylic oxidation sites excluding steroid dienone is 14. The van der Waals surface area contributed by atoms with Gasteiger partial charge < -0.3 is 0 Å². The molecule has 8 rings (SSSR count). The highest BCUT2D eigenvalue weighted by Gasteiger charge is 2.37. The molecule has 0 saturated carbocycles. The molecule has 4 aliphatic carbocycles. The van der Waals surface area contributed by atoms with Crippen LogP contribution in [0.1, 0.15) is 48.3 Å². The smallest absolute Gasteiger partial charge is 0.0998 e. The molecule has 1 fully saturated rings. The zero-order valence-electron chi connectivity index (χ0n) is 22.2. The third-order valence-electron chi connectivity index (χ3n) is 9.02. The maximum atomic E-state index is 10.4. The van der Waals surface area contributed by atoms with Crippen molar-refractivity contribution in [3.05, 3.63) is 146 Å². The van der Waals surface area contributed by atoms with Crippen LogP contribution in [-0.2, 0) is 0 Å². The van der Waals surface area contributed by atoms with Gasteiger partial charge in [-0.2, -0.15) is 5.26 Å². The van der Waals surface area contributed by atoms with E-state index in [1.807, 2.05) is 29.6 Å². The van der Waals surface area contributed by atoms with Crippen LogP contribution in [0.4, 0.5) is 0 Å². The van der Waals surface area contributed by atoms with Crippen LogP contribution >= 0.6 is 23.5 Å². The number of hydrogen-bond donors (Lipinski definition) is 0. The molecule has 0 spiro atoms. The van der Waals surface area contributed by atoms with Gasteiger partial charge in [-0.05, 0) is 81.7 Å². The van der Waals surface area contributed by atoms with Crippen LogP contribution in [0, 0.1) is 23.2 Å². The van der Waals surface area contributed by atoms with E-state index >= 15 is 0 Å². The van der Waals surface area contributed by atoms with Crippen LogP contribution in [-0.4, -0.2) is 5.25 Å². The highest BCUT2D eigenvalue weighted by molar-refractivity contribution is 8.07. The highest BCUT2D eigenvalue weighted by atomic mass is 32.2. The Kier molecular flexibility index (Phi) is 6.01. The van der Waals surface area contributed by atoms with Crippen LogP contribution in [0.15, 0.2) is 129 Å². The van der Waals surface area contributed by atoms with Crippen LogP contribution < -0.4 is 0 Å². The Labute approximate surface area is 245 Å². The molecular formula is C37H29NS2. The molecule has 0 radical (unpaired) electrons. The third kappa shape index (κ3) is 3.92. The minimum absolute atomic E-state index is 0.276. The second-order valence-corrected chi connectivity index (χ2v) is 13.6. The molecular weight excluding hydrogens is 523 g/mol. The number of nitriles is 1. The quantitative estimate of drug-likeness (QED) is 0.379. The lowest BCUT2D eigenvalue weighted by Crippen LogP contribution is -2.13. The lowest BCUT2D eigenvalue weighted by molar-refractivity contribution is 0.765. The predicted molar refractivity (Wildman–Crippen MR) is 170 cm³/mol. The van der Waals surface area contributed by atoms with E-state index in [0.717, 1.165) is 42.4 Å². The molecule has 0 N–H and O–H groups in total. The summed E-state index contributed by atoms with van der Waals surface area (Å²) in [5.74, 6) is 1.18. The SMILES string of the molecule is N#Cc1cc(C2=C3SC4=C(C=CCC4)C3CC=C2)c(C2C=C3C(=CC2)SC2C=CC=CC32)cc1-c1ccccc1. The number of fused-ring (bicyclic) bond motifs is 5. The summed E-state index contributed by atoms with van der Waals surface area (Å²) in [5, 5.41) is 10.9. The molecule has 2 aliphatic heterocycles. The van der Waals surface area contributed by atoms with Crippen LogP contribution in [0.5, 0.6) is 0 Å². The van der Waals surface area contributed by atoms with Crippen molar-refractivity contribution < 1.29 is 0 Å². The molecule has 2 aromatic carbocycles. The summed E-state index contributed by atoms with van der Waals surface area (Å²) in [6.45, 7) is 0. The van der Waals surface area contributed by atoms with Crippen molar-refractivity contribution in [1.29, 1.82) is 5.26 Å². The van der Waals surface area contributed by atoms with Crippen LogP contribution in [0.3, 0.4) is 0 Å². The number of nitrogens with zero attached hydrogens (tertiary/aromatic N) is 1. The van der Waals surface area contributed by atoms with Gasteiger partial charge in [-0.15, -0.1) is 11.8 Å². The van der Waals surface area contributed by atoms with Crippen molar-refractivity contribution in [1.82, 2.24) is 0 Å². The van der Waals surface area contributed by atoms with Crippen molar-refractivity contribution in [2.24, 2.45) is 11.8 Å². The van der Waals surface area contributed by atoms with E-state index in [2.05, 4.69) is 103 Å². The molecule has 2 heterocycles. The minimum Gasteiger partial charge on any atom is -0.192 e. The molecule has 40 heavy (non-hydrogen) atoms.